The third-order valence-electron chi connectivity index (χ3n) is 3.43. The number of fused-ring (bicyclic) bond motifs is 1. The average molecular weight is 256 g/mol. The Hall–Kier alpha value is -1.04. The van der Waals surface area contributed by atoms with Gasteiger partial charge in [0.05, 0.1) is 13.2 Å². The SMILES string of the molecule is NC1CC(N(CCO)CC(F)F)c2ccccc21. The molecule has 3 N–H and O–H groups in total. The maximum atomic E-state index is 12.6. The molecule has 1 aliphatic rings. The van der Waals surface area contributed by atoms with Gasteiger partial charge < -0.3 is 10.8 Å². The molecule has 2 rings (SSSR count). The predicted molar refractivity (Wildman–Crippen MR) is 65.4 cm³/mol. The maximum Gasteiger partial charge on any atom is 0.251 e. The summed E-state index contributed by atoms with van der Waals surface area (Å²) in [5.41, 5.74) is 8.07. The molecule has 0 spiro atoms. The summed E-state index contributed by atoms with van der Waals surface area (Å²) in [6.45, 7) is -0.205. The van der Waals surface area contributed by atoms with Crippen molar-refractivity contribution in [3.8, 4) is 0 Å². The van der Waals surface area contributed by atoms with Crippen molar-refractivity contribution in [3.05, 3.63) is 35.4 Å². The normalized spacial score (nSPS) is 22.8. The fourth-order valence-electron chi connectivity index (χ4n) is 2.67. The van der Waals surface area contributed by atoms with E-state index in [-0.39, 0.29) is 31.8 Å². The summed E-state index contributed by atoms with van der Waals surface area (Å²) in [7, 11) is 0. The maximum absolute atomic E-state index is 12.6. The molecule has 0 saturated carbocycles. The number of hydrogen-bond donors (Lipinski definition) is 2. The Kier molecular flexibility index (Phi) is 4.27. The molecule has 1 aromatic rings. The van der Waals surface area contributed by atoms with E-state index in [0.29, 0.717) is 6.42 Å². The van der Waals surface area contributed by atoms with Crippen LogP contribution in [0.25, 0.3) is 0 Å². The van der Waals surface area contributed by atoms with E-state index in [1.54, 1.807) is 4.90 Å². The number of aliphatic hydroxyl groups excluding tert-OH is 1. The molecule has 1 aromatic carbocycles. The van der Waals surface area contributed by atoms with Gasteiger partial charge in [0.1, 0.15) is 0 Å². The molecule has 0 amide bonds. The van der Waals surface area contributed by atoms with Crippen LogP contribution in [0.2, 0.25) is 0 Å². The topological polar surface area (TPSA) is 49.5 Å². The molecular weight excluding hydrogens is 238 g/mol. The number of alkyl halides is 2. The molecule has 2 atom stereocenters. The summed E-state index contributed by atoms with van der Waals surface area (Å²) in [4.78, 5) is 1.62. The Balaban J connectivity index is 2.22. The van der Waals surface area contributed by atoms with Crippen LogP contribution in [0.1, 0.15) is 29.6 Å². The molecule has 18 heavy (non-hydrogen) atoms. The molecule has 100 valence electrons. The Morgan fingerprint density at radius 3 is 2.61 bits per heavy atom. The predicted octanol–water partition coefficient (Wildman–Crippen LogP) is 1.69. The van der Waals surface area contributed by atoms with Crippen molar-refractivity contribution in [3.63, 3.8) is 0 Å². The monoisotopic (exact) mass is 256 g/mol. The van der Waals surface area contributed by atoms with E-state index < -0.39 is 6.43 Å². The summed E-state index contributed by atoms with van der Waals surface area (Å²) in [5.74, 6) is 0. The first-order valence-corrected chi connectivity index (χ1v) is 6.11. The summed E-state index contributed by atoms with van der Waals surface area (Å²) in [5, 5.41) is 9.01. The quantitative estimate of drug-likeness (QED) is 0.843. The first-order chi connectivity index (χ1) is 8.63. The molecule has 0 saturated heterocycles. The minimum atomic E-state index is -2.40. The zero-order valence-corrected chi connectivity index (χ0v) is 10.1. The van der Waals surface area contributed by atoms with E-state index in [4.69, 9.17) is 10.8 Å². The van der Waals surface area contributed by atoms with Crippen molar-refractivity contribution in [1.29, 1.82) is 0 Å². The van der Waals surface area contributed by atoms with Gasteiger partial charge in [0, 0.05) is 18.6 Å². The molecule has 0 aliphatic heterocycles. The van der Waals surface area contributed by atoms with E-state index in [1.165, 1.54) is 0 Å². The van der Waals surface area contributed by atoms with Crippen LogP contribution in [0.5, 0.6) is 0 Å². The van der Waals surface area contributed by atoms with Crippen molar-refractivity contribution < 1.29 is 13.9 Å². The molecule has 0 bridgehead atoms. The summed E-state index contributed by atoms with van der Waals surface area (Å²) < 4.78 is 25.2. The fourth-order valence-corrected chi connectivity index (χ4v) is 2.67. The fraction of sp³-hybridized carbons (Fsp3) is 0.538. The summed E-state index contributed by atoms with van der Waals surface area (Å²) in [6, 6.07) is 7.46. The highest BCUT2D eigenvalue weighted by Gasteiger charge is 2.33. The first kappa shape index (κ1) is 13.4. The molecule has 5 heteroatoms. The highest BCUT2D eigenvalue weighted by Crippen LogP contribution is 2.40. The Bertz CT molecular complexity index is 400. The minimum absolute atomic E-state index is 0.106. The number of benzene rings is 1. The van der Waals surface area contributed by atoms with E-state index in [2.05, 4.69) is 0 Å². The first-order valence-electron chi connectivity index (χ1n) is 6.11. The number of nitrogens with two attached hydrogens (primary N) is 1. The van der Waals surface area contributed by atoms with Gasteiger partial charge in [-0.25, -0.2) is 8.78 Å². The zero-order chi connectivity index (χ0) is 13.1. The van der Waals surface area contributed by atoms with Crippen molar-refractivity contribution in [2.24, 2.45) is 5.73 Å². The van der Waals surface area contributed by atoms with Crippen LogP contribution in [-0.4, -0.2) is 36.1 Å². The van der Waals surface area contributed by atoms with Gasteiger partial charge in [-0.2, -0.15) is 0 Å². The second kappa shape index (κ2) is 5.73. The van der Waals surface area contributed by atoms with E-state index in [1.807, 2.05) is 24.3 Å². The van der Waals surface area contributed by atoms with Crippen molar-refractivity contribution in [2.45, 2.75) is 24.9 Å². The summed E-state index contributed by atoms with van der Waals surface area (Å²) in [6.07, 6.45) is -1.77. The lowest BCUT2D eigenvalue weighted by molar-refractivity contribution is 0.0533. The van der Waals surface area contributed by atoms with Crippen molar-refractivity contribution in [2.75, 3.05) is 19.7 Å². The van der Waals surface area contributed by atoms with Gasteiger partial charge >= 0.3 is 0 Å². The Morgan fingerprint density at radius 2 is 2.00 bits per heavy atom. The highest BCUT2D eigenvalue weighted by molar-refractivity contribution is 5.37. The number of aliphatic hydroxyl groups is 1. The zero-order valence-electron chi connectivity index (χ0n) is 10.1. The molecule has 0 heterocycles. The van der Waals surface area contributed by atoms with Crippen LogP contribution in [0.15, 0.2) is 24.3 Å². The van der Waals surface area contributed by atoms with Gasteiger partial charge in [-0.1, -0.05) is 24.3 Å². The standard InChI is InChI=1S/C13H18F2N2O/c14-13(15)8-17(5-6-18)12-7-11(16)9-3-1-2-4-10(9)12/h1-4,11-13,18H,5-8,16H2. The van der Waals surface area contributed by atoms with Crippen LogP contribution in [0.3, 0.4) is 0 Å². The van der Waals surface area contributed by atoms with Gasteiger partial charge in [0.25, 0.3) is 6.43 Å². The van der Waals surface area contributed by atoms with E-state index in [9.17, 15) is 8.78 Å². The highest BCUT2D eigenvalue weighted by atomic mass is 19.3. The molecular formula is C13H18F2N2O. The third-order valence-corrected chi connectivity index (χ3v) is 3.43. The van der Waals surface area contributed by atoms with E-state index in [0.717, 1.165) is 11.1 Å². The molecule has 3 nitrogen and oxygen atoms in total. The van der Waals surface area contributed by atoms with Crippen LogP contribution in [0, 0.1) is 0 Å². The average Bonchev–Trinajstić information content (AvgIpc) is 2.67. The second-order valence-corrected chi connectivity index (χ2v) is 4.60. The van der Waals surface area contributed by atoms with Crippen LogP contribution in [-0.2, 0) is 0 Å². The van der Waals surface area contributed by atoms with Gasteiger partial charge in [0.2, 0.25) is 0 Å². The Labute approximate surface area is 105 Å². The van der Waals surface area contributed by atoms with Gasteiger partial charge in [-0.3, -0.25) is 4.90 Å². The largest absolute Gasteiger partial charge is 0.395 e. The molecule has 1 aliphatic carbocycles. The lowest BCUT2D eigenvalue weighted by Crippen LogP contribution is -2.34. The Morgan fingerprint density at radius 1 is 1.33 bits per heavy atom. The number of rotatable bonds is 5. The smallest absolute Gasteiger partial charge is 0.251 e. The van der Waals surface area contributed by atoms with Gasteiger partial charge in [0.15, 0.2) is 0 Å². The summed E-state index contributed by atoms with van der Waals surface area (Å²) >= 11 is 0. The minimum Gasteiger partial charge on any atom is -0.395 e. The second-order valence-electron chi connectivity index (χ2n) is 4.60. The van der Waals surface area contributed by atoms with Gasteiger partial charge in [-0.15, -0.1) is 0 Å². The van der Waals surface area contributed by atoms with Crippen LogP contribution < -0.4 is 5.73 Å². The number of nitrogens with zero attached hydrogens (tertiary/aromatic N) is 1. The van der Waals surface area contributed by atoms with Crippen molar-refractivity contribution >= 4 is 0 Å². The van der Waals surface area contributed by atoms with Gasteiger partial charge in [-0.05, 0) is 17.5 Å². The van der Waals surface area contributed by atoms with Crippen LogP contribution in [0.4, 0.5) is 8.78 Å². The molecule has 0 fully saturated rings. The number of halogens is 2. The lowest BCUT2D eigenvalue weighted by atomic mass is 10.1. The molecule has 0 radical (unpaired) electrons. The third kappa shape index (κ3) is 2.68. The lowest BCUT2D eigenvalue weighted by Gasteiger charge is -2.28. The number of hydrogen-bond acceptors (Lipinski definition) is 3. The molecule has 0 aromatic heterocycles. The van der Waals surface area contributed by atoms with E-state index >= 15 is 0 Å². The molecule has 2 unspecified atom stereocenters. The van der Waals surface area contributed by atoms with Crippen molar-refractivity contribution in [1.82, 2.24) is 4.90 Å². The van der Waals surface area contributed by atoms with Crippen LogP contribution >= 0.6 is 0 Å².